The Morgan fingerprint density at radius 1 is 0.245 bits per heavy atom. The highest BCUT2D eigenvalue weighted by atomic mass is 32.1. The van der Waals surface area contributed by atoms with Gasteiger partial charge in [0.25, 0.3) is 0 Å². The van der Waals surface area contributed by atoms with E-state index in [0.29, 0.717) is 23.3 Å². The molecule has 0 bridgehead atoms. The molecule has 0 aliphatic heterocycles. The molecule has 0 atom stereocenters. The fourth-order valence-corrected chi connectivity index (χ4v) is 19.4. The zero-order valence-electron chi connectivity index (χ0n) is 54.2. The highest BCUT2D eigenvalue weighted by Gasteiger charge is 2.29. The van der Waals surface area contributed by atoms with Crippen LogP contribution in [0.25, 0.3) is 227 Å². The molecular weight excluding hydrogens is 1290 g/mol. The first-order valence-corrected chi connectivity index (χ1v) is 36.0. The van der Waals surface area contributed by atoms with Crippen LogP contribution in [-0.4, -0.2) is 29.1 Å². The number of nitrogens with zero attached hydrogens (tertiary/aromatic N) is 6. The van der Waals surface area contributed by atoms with E-state index in [-0.39, 0.29) is 0 Å². The lowest BCUT2D eigenvalue weighted by atomic mass is 9.96. The summed E-state index contributed by atoms with van der Waals surface area (Å²) in [6, 6.07) is 108. The van der Waals surface area contributed by atoms with Crippen LogP contribution in [0.15, 0.2) is 312 Å². The van der Waals surface area contributed by atoms with Gasteiger partial charge in [0.05, 0.1) is 53.6 Å². The molecule has 0 saturated carbocycles. The van der Waals surface area contributed by atoms with Crippen LogP contribution in [-0.2, 0) is 0 Å². The van der Waals surface area contributed by atoms with E-state index in [1.54, 1.807) is 0 Å². The van der Waals surface area contributed by atoms with Crippen LogP contribution in [0, 0.1) is 0 Å². The van der Waals surface area contributed by atoms with Crippen molar-refractivity contribution in [3.05, 3.63) is 303 Å². The third-order valence-electron chi connectivity index (χ3n) is 21.2. The van der Waals surface area contributed by atoms with Crippen molar-refractivity contribution in [3.63, 3.8) is 0 Å². The van der Waals surface area contributed by atoms with Crippen molar-refractivity contribution < 1.29 is 8.83 Å². The second-order valence-corrected chi connectivity index (χ2v) is 28.6. The Bertz CT molecular complexity index is 7790. The quantitative estimate of drug-likeness (QED) is 0.163. The minimum absolute atomic E-state index is 0.578. The van der Waals surface area contributed by atoms with Gasteiger partial charge in [-0.2, -0.15) is 9.97 Å². The van der Waals surface area contributed by atoms with Crippen molar-refractivity contribution in [1.29, 1.82) is 0 Å². The van der Waals surface area contributed by atoms with E-state index in [1.165, 1.54) is 94.2 Å². The maximum atomic E-state index is 6.94. The Morgan fingerprint density at radius 3 is 1.25 bits per heavy atom. The molecule has 102 heavy (non-hydrogen) atoms. The van der Waals surface area contributed by atoms with E-state index < -0.39 is 0 Å². The monoisotopic (exact) mass is 1330 g/mol. The summed E-state index contributed by atoms with van der Waals surface area (Å²) in [5, 5.41) is 27.9. The van der Waals surface area contributed by atoms with Crippen molar-refractivity contribution in [2.75, 3.05) is 0 Å². The third-order valence-corrected chi connectivity index (χ3v) is 23.5. The zero-order valence-corrected chi connectivity index (χ0v) is 55.8. The molecule has 0 spiro atoms. The fraction of sp³-hybridized carbons (Fsp3) is 0. The van der Waals surface area contributed by atoms with Gasteiger partial charge < -0.3 is 8.83 Å². The molecule has 8 heterocycles. The average molecular weight is 1340 g/mol. The molecule has 8 aromatic heterocycles. The minimum atomic E-state index is 0.578. The van der Waals surface area contributed by atoms with E-state index in [0.717, 1.165) is 110 Å². The van der Waals surface area contributed by atoms with Crippen LogP contribution < -0.4 is 0 Å². The molecule has 0 aliphatic rings. The highest BCUT2D eigenvalue weighted by molar-refractivity contribution is 7.27. The van der Waals surface area contributed by atoms with Gasteiger partial charge >= 0.3 is 0 Å². The topological polar surface area (TPSA) is 87.7 Å². The molecule has 0 unspecified atom stereocenters. The lowest BCUT2D eigenvalue weighted by Crippen LogP contribution is -2.03. The first kappa shape index (κ1) is 55.8. The van der Waals surface area contributed by atoms with Crippen LogP contribution in [0.3, 0.4) is 0 Å². The average Bonchev–Trinajstić information content (AvgIpc) is 1.52. The Morgan fingerprint density at radius 2 is 0.657 bits per heavy atom. The van der Waals surface area contributed by atoms with Gasteiger partial charge in [0.1, 0.15) is 11.2 Å². The number of hydrogen-bond acceptors (Lipinski definition) is 8. The van der Waals surface area contributed by atoms with E-state index in [9.17, 15) is 0 Å². The van der Waals surface area contributed by atoms with Crippen LogP contribution in [0.2, 0.25) is 0 Å². The number of rotatable bonds is 4. The van der Waals surface area contributed by atoms with Gasteiger partial charge in [0.2, 0.25) is 23.3 Å². The number of fused-ring (bicyclic) bond motifs is 34. The number of aromatic nitrogens is 6. The molecule has 0 amide bonds. The molecule has 10 heteroatoms. The van der Waals surface area contributed by atoms with Crippen LogP contribution in [0.1, 0.15) is 0 Å². The van der Waals surface area contributed by atoms with Gasteiger partial charge in [-0.05, 0) is 90.3 Å². The summed E-state index contributed by atoms with van der Waals surface area (Å²) in [7, 11) is 0. The molecule has 0 fully saturated rings. The molecule has 0 N–H and O–H groups in total. The summed E-state index contributed by atoms with van der Waals surface area (Å²) in [5.41, 5.74) is 10.9. The van der Waals surface area contributed by atoms with Gasteiger partial charge in [-0.25, -0.2) is 9.97 Å². The van der Waals surface area contributed by atoms with Crippen LogP contribution >= 0.6 is 22.7 Å². The summed E-state index contributed by atoms with van der Waals surface area (Å²) in [6.07, 6.45) is 0. The minimum Gasteiger partial charge on any atom is -0.437 e. The van der Waals surface area contributed by atoms with Crippen LogP contribution in [0.4, 0.5) is 0 Å². The first-order valence-electron chi connectivity index (χ1n) is 34.3. The third kappa shape index (κ3) is 7.79. The van der Waals surface area contributed by atoms with Crippen molar-refractivity contribution in [1.82, 2.24) is 29.1 Å². The van der Waals surface area contributed by atoms with Crippen LogP contribution in [0.5, 0.6) is 0 Å². The van der Waals surface area contributed by atoms with E-state index in [4.69, 9.17) is 28.8 Å². The fourth-order valence-electron chi connectivity index (χ4n) is 16.9. The lowest BCUT2D eigenvalue weighted by Gasteiger charge is -2.11. The second kappa shape index (κ2) is 21.2. The molecule has 24 rings (SSSR count). The number of thiophene rings is 2. The zero-order chi connectivity index (χ0) is 66.4. The molecule has 0 saturated heterocycles. The Balaban J connectivity index is 0.000000126. The summed E-state index contributed by atoms with van der Waals surface area (Å²) in [6.45, 7) is 0. The summed E-state index contributed by atoms with van der Waals surface area (Å²) in [4.78, 5) is 21.8. The Labute approximate surface area is 587 Å². The van der Waals surface area contributed by atoms with E-state index in [1.807, 2.05) is 22.7 Å². The molecule has 472 valence electrons. The number of hydrogen-bond donors (Lipinski definition) is 0. The molecular formula is C92H50N6O2S2. The van der Waals surface area contributed by atoms with Crippen molar-refractivity contribution in [3.8, 4) is 34.4 Å². The summed E-state index contributed by atoms with van der Waals surface area (Å²) < 4.78 is 23.3. The SMILES string of the molecule is c1ccc(-c2nc(-n3c4ccccc4c4c5ccccc5c5c6ccccc6sc5c43)nc3oc4c5ccccc5c5ccccc5c4c23)cc1.c1ccc2cc(-c3nc(-n4c5ccccc5c5c6ccccc6c6c7ccccc7sc6c54)nc4oc5c6ccccc6ccc5c34)ccc2c1. The maximum Gasteiger partial charge on any atom is 0.238 e. The Kier molecular flexibility index (Phi) is 11.6. The summed E-state index contributed by atoms with van der Waals surface area (Å²) >= 11 is 3.68. The standard InChI is InChI=1S/2C46H25N3OS/c1-2-13-28-25-29(22-21-26(28)11-1)41-40-35-24-23-27-12-3-4-14-30(27)43(35)50-45(40)48-46(47-41)49-36-19-9-7-17-33(36)38-31-15-5-6-16-32(31)39-34-18-8-10-20-37(34)51-44(39)42(38)49;1-2-14-26(15-3-1)41-40-39-29-18-6-4-16-27(29)28-17-5-9-21-32(28)43(39)50-45(40)48-46(47-41)49-35-24-12-10-22-33(35)37-30-19-7-8-20-31(30)38-34-23-11-13-25-36(34)51-44(38)42(37)49/h2*1-25H. The highest BCUT2D eigenvalue weighted by Crippen LogP contribution is 2.52. The van der Waals surface area contributed by atoms with E-state index >= 15 is 0 Å². The van der Waals surface area contributed by atoms with Gasteiger partial charge in [0.15, 0.2) is 0 Å². The van der Waals surface area contributed by atoms with Gasteiger partial charge in [-0.15, -0.1) is 22.7 Å². The summed E-state index contributed by atoms with van der Waals surface area (Å²) in [5.74, 6) is 1.18. The molecule has 24 aromatic rings. The second-order valence-electron chi connectivity index (χ2n) is 26.5. The predicted molar refractivity (Wildman–Crippen MR) is 429 cm³/mol. The lowest BCUT2D eigenvalue weighted by molar-refractivity contribution is 0.654. The van der Waals surface area contributed by atoms with E-state index in [2.05, 4.69) is 312 Å². The van der Waals surface area contributed by atoms with Gasteiger partial charge in [-0.3, -0.25) is 9.13 Å². The van der Waals surface area contributed by atoms with Crippen molar-refractivity contribution in [2.45, 2.75) is 0 Å². The normalized spacial score (nSPS) is 12.3. The maximum absolute atomic E-state index is 6.94. The van der Waals surface area contributed by atoms with Crippen molar-refractivity contribution >= 4 is 215 Å². The smallest absolute Gasteiger partial charge is 0.238 e. The molecule has 0 radical (unpaired) electrons. The predicted octanol–water partition coefficient (Wildman–Crippen LogP) is 25.9. The molecule has 0 aliphatic carbocycles. The largest absolute Gasteiger partial charge is 0.437 e. The van der Waals surface area contributed by atoms with Gasteiger partial charge in [0, 0.05) is 85.2 Å². The van der Waals surface area contributed by atoms with Gasteiger partial charge in [-0.1, -0.05) is 267 Å². The number of benzene rings is 16. The van der Waals surface area contributed by atoms with Crippen molar-refractivity contribution in [2.24, 2.45) is 0 Å². The molecule has 16 aromatic carbocycles. The first-order chi connectivity index (χ1) is 50.6. The number of furan rings is 2. The molecule has 8 nitrogen and oxygen atoms in total. The Hall–Kier alpha value is -13.1. The number of para-hydroxylation sites is 2.